The van der Waals surface area contributed by atoms with Crippen LogP contribution in [-0.4, -0.2) is 37.1 Å². The zero-order valence-electron chi connectivity index (χ0n) is 13.6. The molecular formula is C17H26N2O2. The second-order valence-electron chi connectivity index (χ2n) is 6.18. The third-order valence-electron chi connectivity index (χ3n) is 4.12. The Morgan fingerprint density at radius 3 is 2.62 bits per heavy atom. The highest BCUT2D eigenvalue weighted by Gasteiger charge is 2.41. The second-order valence-corrected chi connectivity index (χ2v) is 6.18. The Morgan fingerprint density at radius 1 is 1.33 bits per heavy atom. The maximum atomic E-state index is 12.6. The molecule has 1 amide bonds. The number of aryl methyl sites for hydroxylation is 2. The van der Waals surface area contributed by atoms with E-state index >= 15 is 0 Å². The third kappa shape index (κ3) is 3.27. The maximum absolute atomic E-state index is 12.6. The number of nitrogens with zero attached hydrogens (tertiary/aromatic N) is 1. The molecule has 1 aliphatic heterocycles. The fourth-order valence-electron chi connectivity index (χ4n) is 2.93. The van der Waals surface area contributed by atoms with Crippen molar-refractivity contribution in [2.45, 2.75) is 39.9 Å². The molecule has 1 fully saturated rings. The van der Waals surface area contributed by atoms with E-state index in [2.05, 4.69) is 51.2 Å². The van der Waals surface area contributed by atoms with Crippen LogP contribution in [0.15, 0.2) is 18.2 Å². The van der Waals surface area contributed by atoms with Crippen LogP contribution in [0.1, 0.15) is 36.7 Å². The summed E-state index contributed by atoms with van der Waals surface area (Å²) in [6.07, 6.45) is -0.0550. The number of nitrogens with one attached hydrogen (secondary N) is 1. The molecule has 0 spiro atoms. The van der Waals surface area contributed by atoms with E-state index in [4.69, 9.17) is 4.74 Å². The van der Waals surface area contributed by atoms with Gasteiger partial charge in [-0.3, -0.25) is 10.1 Å². The maximum Gasteiger partial charge on any atom is 0.241 e. The molecule has 4 heteroatoms. The van der Waals surface area contributed by atoms with Gasteiger partial charge in [-0.15, -0.1) is 0 Å². The number of methoxy groups -OCH3 is 1. The number of carbonyl (C=O) groups excluding carboxylic acids is 1. The molecule has 4 nitrogen and oxygen atoms in total. The van der Waals surface area contributed by atoms with Crippen LogP contribution >= 0.6 is 0 Å². The minimum atomic E-state index is -0.118. The zero-order valence-corrected chi connectivity index (χ0v) is 13.6. The van der Waals surface area contributed by atoms with E-state index in [1.165, 1.54) is 16.7 Å². The Labute approximate surface area is 127 Å². The van der Waals surface area contributed by atoms with E-state index in [9.17, 15) is 4.79 Å². The number of amides is 1. The average Bonchev–Trinajstić information content (AvgIpc) is 2.74. The molecule has 0 saturated carbocycles. The molecule has 116 valence electrons. The molecule has 1 saturated heterocycles. The van der Waals surface area contributed by atoms with Crippen molar-refractivity contribution in [2.75, 3.05) is 20.3 Å². The first-order valence-electron chi connectivity index (χ1n) is 7.58. The molecule has 1 aliphatic rings. The number of hydrogen-bond acceptors (Lipinski definition) is 3. The van der Waals surface area contributed by atoms with Gasteiger partial charge in [0.2, 0.25) is 5.91 Å². The molecule has 0 radical (unpaired) electrons. The Hall–Kier alpha value is -1.39. The monoisotopic (exact) mass is 290 g/mol. The van der Waals surface area contributed by atoms with Gasteiger partial charge in [0.1, 0.15) is 6.17 Å². The van der Waals surface area contributed by atoms with Crippen LogP contribution in [0.3, 0.4) is 0 Å². The standard InChI is InChI=1S/C17H26N2O2/c1-11(2)15-17(20)19(8-9-21-5)16(18-15)14-7-6-12(3)10-13(14)4/h6-7,10-11,15-16,18H,8-9H2,1-5H3. The topological polar surface area (TPSA) is 41.6 Å². The molecule has 0 bridgehead atoms. The highest BCUT2D eigenvalue weighted by atomic mass is 16.5. The van der Waals surface area contributed by atoms with Gasteiger partial charge in [0, 0.05) is 13.7 Å². The summed E-state index contributed by atoms with van der Waals surface area (Å²) in [5, 5.41) is 3.50. The second kappa shape index (κ2) is 6.58. The quantitative estimate of drug-likeness (QED) is 0.905. The first kappa shape index (κ1) is 16.0. The van der Waals surface area contributed by atoms with Crippen molar-refractivity contribution in [3.05, 3.63) is 34.9 Å². The van der Waals surface area contributed by atoms with Crippen molar-refractivity contribution in [3.63, 3.8) is 0 Å². The molecule has 1 aromatic carbocycles. The van der Waals surface area contributed by atoms with Gasteiger partial charge < -0.3 is 9.64 Å². The predicted molar refractivity (Wildman–Crippen MR) is 84.0 cm³/mol. The Bertz CT molecular complexity index is 514. The van der Waals surface area contributed by atoms with Crippen molar-refractivity contribution < 1.29 is 9.53 Å². The van der Waals surface area contributed by atoms with E-state index in [-0.39, 0.29) is 24.0 Å². The molecule has 1 N–H and O–H groups in total. The van der Waals surface area contributed by atoms with Crippen LogP contribution in [0.5, 0.6) is 0 Å². The van der Waals surface area contributed by atoms with Gasteiger partial charge in [0.05, 0.1) is 12.6 Å². The van der Waals surface area contributed by atoms with Gasteiger partial charge in [0.25, 0.3) is 0 Å². The van der Waals surface area contributed by atoms with E-state index < -0.39 is 0 Å². The van der Waals surface area contributed by atoms with Crippen LogP contribution in [0, 0.1) is 19.8 Å². The van der Waals surface area contributed by atoms with Crippen molar-refractivity contribution in [2.24, 2.45) is 5.92 Å². The Balaban J connectivity index is 2.32. The third-order valence-corrected chi connectivity index (χ3v) is 4.12. The van der Waals surface area contributed by atoms with Gasteiger partial charge in [-0.1, -0.05) is 37.6 Å². The lowest BCUT2D eigenvalue weighted by molar-refractivity contribution is -0.131. The van der Waals surface area contributed by atoms with Crippen LogP contribution in [0.2, 0.25) is 0 Å². The van der Waals surface area contributed by atoms with Gasteiger partial charge >= 0.3 is 0 Å². The lowest BCUT2D eigenvalue weighted by atomic mass is 10.0. The Morgan fingerprint density at radius 2 is 2.05 bits per heavy atom. The largest absolute Gasteiger partial charge is 0.383 e. The summed E-state index contributed by atoms with van der Waals surface area (Å²) in [6, 6.07) is 6.27. The van der Waals surface area contributed by atoms with Crippen molar-refractivity contribution in [1.29, 1.82) is 0 Å². The molecule has 1 heterocycles. The lowest BCUT2D eigenvalue weighted by Gasteiger charge is -2.25. The summed E-state index contributed by atoms with van der Waals surface area (Å²) in [4.78, 5) is 14.5. The van der Waals surface area contributed by atoms with Gasteiger partial charge in [-0.25, -0.2) is 0 Å². The van der Waals surface area contributed by atoms with Crippen LogP contribution in [0.4, 0.5) is 0 Å². The molecule has 0 aromatic heterocycles. The smallest absolute Gasteiger partial charge is 0.241 e. The first-order valence-corrected chi connectivity index (χ1v) is 7.58. The zero-order chi connectivity index (χ0) is 15.6. The molecule has 2 unspecified atom stereocenters. The van der Waals surface area contributed by atoms with Gasteiger partial charge in [-0.2, -0.15) is 0 Å². The highest BCUT2D eigenvalue weighted by molar-refractivity contribution is 5.85. The minimum absolute atomic E-state index is 0.0550. The van der Waals surface area contributed by atoms with Crippen molar-refractivity contribution in [1.82, 2.24) is 10.2 Å². The van der Waals surface area contributed by atoms with E-state index in [0.717, 1.165) is 0 Å². The fraction of sp³-hybridized carbons (Fsp3) is 0.588. The van der Waals surface area contributed by atoms with Crippen LogP contribution < -0.4 is 5.32 Å². The fourth-order valence-corrected chi connectivity index (χ4v) is 2.93. The number of benzene rings is 1. The van der Waals surface area contributed by atoms with Crippen LogP contribution in [-0.2, 0) is 9.53 Å². The van der Waals surface area contributed by atoms with Crippen molar-refractivity contribution in [3.8, 4) is 0 Å². The molecule has 21 heavy (non-hydrogen) atoms. The summed E-state index contributed by atoms with van der Waals surface area (Å²) >= 11 is 0. The predicted octanol–water partition coefficient (Wildman–Crippen LogP) is 2.40. The van der Waals surface area contributed by atoms with Gasteiger partial charge in [-0.05, 0) is 30.9 Å². The average molecular weight is 290 g/mol. The number of rotatable bonds is 5. The molecule has 0 aliphatic carbocycles. The minimum Gasteiger partial charge on any atom is -0.383 e. The molecular weight excluding hydrogens is 264 g/mol. The van der Waals surface area contributed by atoms with Crippen LogP contribution in [0.25, 0.3) is 0 Å². The summed E-state index contributed by atoms with van der Waals surface area (Å²) in [5.41, 5.74) is 3.63. The Kier molecular flexibility index (Phi) is 5.01. The lowest BCUT2D eigenvalue weighted by Crippen LogP contribution is -2.35. The number of hydrogen-bond donors (Lipinski definition) is 1. The molecule has 2 atom stereocenters. The summed E-state index contributed by atoms with van der Waals surface area (Å²) in [5.74, 6) is 0.449. The summed E-state index contributed by atoms with van der Waals surface area (Å²) < 4.78 is 5.16. The highest BCUT2D eigenvalue weighted by Crippen LogP contribution is 2.30. The summed E-state index contributed by atoms with van der Waals surface area (Å²) in [7, 11) is 1.67. The van der Waals surface area contributed by atoms with Crippen molar-refractivity contribution >= 4 is 5.91 Å². The summed E-state index contributed by atoms with van der Waals surface area (Å²) in [6.45, 7) is 9.52. The number of ether oxygens (including phenoxy) is 1. The SMILES string of the molecule is COCCN1C(=O)C(C(C)C)NC1c1ccc(C)cc1C. The number of carbonyl (C=O) groups is 1. The van der Waals surface area contributed by atoms with Gasteiger partial charge in [0.15, 0.2) is 0 Å². The van der Waals surface area contributed by atoms with E-state index in [0.29, 0.717) is 13.2 Å². The van der Waals surface area contributed by atoms with E-state index in [1.54, 1.807) is 7.11 Å². The normalized spacial score (nSPS) is 22.4. The van der Waals surface area contributed by atoms with E-state index in [1.807, 2.05) is 4.90 Å². The molecule has 1 aromatic rings. The molecule has 2 rings (SSSR count). The first-order chi connectivity index (χ1) is 9.95.